The van der Waals surface area contributed by atoms with Gasteiger partial charge in [0.25, 0.3) is 0 Å². The van der Waals surface area contributed by atoms with Crippen LogP contribution in [0.4, 0.5) is 11.4 Å². The van der Waals surface area contributed by atoms with Crippen molar-refractivity contribution in [1.29, 1.82) is 0 Å². The van der Waals surface area contributed by atoms with Gasteiger partial charge < -0.3 is 24.1 Å². The zero-order chi connectivity index (χ0) is 23.3. The molecule has 2 aliphatic heterocycles. The van der Waals surface area contributed by atoms with Gasteiger partial charge in [0.1, 0.15) is 5.76 Å². The van der Waals surface area contributed by atoms with Crippen molar-refractivity contribution in [3.8, 4) is 0 Å². The molecule has 2 saturated heterocycles. The van der Waals surface area contributed by atoms with Gasteiger partial charge in [-0.25, -0.2) is 8.42 Å². The number of sulfonamides is 1. The van der Waals surface area contributed by atoms with Crippen LogP contribution in [-0.2, 0) is 24.3 Å². The van der Waals surface area contributed by atoms with Gasteiger partial charge in [-0.15, -0.1) is 0 Å². The van der Waals surface area contributed by atoms with E-state index in [0.29, 0.717) is 58.3 Å². The molecule has 1 atom stereocenters. The summed E-state index contributed by atoms with van der Waals surface area (Å²) in [5.41, 5.74) is 1.23. The summed E-state index contributed by atoms with van der Waals surface area (Å²) in [4.78, 5) is 15.0. The molecule has 10 nitrogen and oxygen atoms in total. The fourth-order valence-corrected chi connectivity index (χ4v) is 5.30. The van der Waals surface area contributed by atoms with E-state index in [-0.39, 0.29) is 23.4 Å². The van der Waals surface area contributed by atoms with Gasteiger partial charge in [-0.2, -0.15) is 4.31 Å². The maximum Gasteiger partial charge on any atom is 0.243 e. The summed E-state index contributed by atoms with van der Waals surface area (Å²) in [6.45, 7) is 5.77. The lowest BCUT2D eigenvalue weighted by atomic mass is 10.2. The molecule has 4 rings (SSSR count). The molecule has 0 bridgehead atoms. The Bertz CT molecular complexity index is 1030. The summed E-state index contributed by atoms with van der Waals surface area (Å²) >= 11 is 0. The number of rotatable bonds is 8. The molecule has 1 aromatic heterocycles. The van der Waals surface area contributed by atoms with Crippen LogP contribution >= 0.6 is 0 Å². The summed E-state index contributed by atoms with van der Waals surface area (Å²) in [7, 11) is -3.69. The lowest BCUT2D eigenvalue weighted by Crippen LogP contribution is -2.40. The maximum absolute atomic E-state index is 13.2. The minimum absolute atomic E-state index is 0.0465. The van der Waals surface area contributed by atoms with Crippen LogP contribution in [0.1, 0.15) is 18.7 Å². The summed E-state index contributed by atoms with van der Waals surface area (Å²) < 4.78 is 43.8. The van der Waals surface area contributed by atoms with Gasteiger partial charge in [0.05, 0.1) is 61.5 Å². The van der Waals surface area contributed by atoms with E-state index in [2.05, 4.69) is 15.5 Å². The monoisotopic (exact) mass is 478 g/mol. The van der Waals surface area contributed by atoms with E-state index in [1.807, 2.05) is 13.0 Å². The van der Waals surface area contributed by atoms with Gasteiger partial charge in [0, 0.05) is 26.2 Å². The molecule has 2 fully saturated rings. The van der Waals surface area contributed by atoms with Crippen molar-refractivity contribution in [3.05, 3.63) is 42.4 Å². The number of hydrogen-bond acceptors (Lipinski definition) is 8. The number of morpholine rings is 2. The molecule has 1 amide bonds. The van der Waals surface area contributed by atoms with E-state index < -0.39 is 10.0 Å². The second-order valence-corrected chi connectivity index (χ2v) is 9.90. The molecule has 0 saturated carbocycles. The van der Waals surface area contributed by atoms with Crippen molar-refractivity contribution in [2.75, 3.05) is 69.4 Å². The Morgan fingerprint density at radius 1 is 1.06 bits per heavy atom. The number of amides is 1. The van der Waals surface area contributed by atoms with E-state index >= 15 is 0 Å². The minimum Gasteiger partial charge on any atom is -0.468 e. The average molecular weight is 479 g/mol. The van der Waals surface area contributed by atoms with E-state index in [1.54, 1.807) is 30.5 Å². The van der Waals surface area contributed by atoms with Crippen LogP contribution in [0.15, 0.2) is 45.9 Å². The number of furan rings is 1. The zero-order valence-corrected chi connectivity index (χ0v) is 19.5. The van der Waals surface area contributed by atoms with Crippen LogP contribution in [0.2, 0.25) is 0 Å². The van der Waals surface area contributed by atoms with E-state index in [4.69, 9.17) is 13.9 Å². The fourth-order valence-electron chi connectivity index (χ4n) is 3.87. The van der Waals surface area contributed by atoms with Crippen LogP contribution in [0.25, 0.3) is 0 Å². The van der Waals surface area contributed by atoms with Crippen LogP contribution in [0, 0.1) is 0 Å². The van der Waals surface area contributed by atoms with Crippen molar-refractivity contribution in [2.24, 2.45) is 0 Å². The first kappa shape index (κ1) is 23.7. The average Bonchev–Trinajstić information content (AvgIpc) is 3.39. The normalized spacial score (nSPS) is 18.8. The molecule has 0 unspecified atom stereocenters. The van der Waals surface area contributed by atoms with Crippen molar-refractivity contribution in [2.45, 2.75) is 17.9 Å². The Balaban J connectivity index is 1.53. The number of carbonyl (C=O) groups is 1. The molecular weight excluding hydrogens is 448 g/mol. The lowest BCUT2D eigenvalue weighted by Gasteiger charge is -2.31. The highest BCUT2D eigenvalue weighted by Gasteiger charge is 2.28. The number of nitrogens with one attached hydrogen (secondary N) is 2. The molecule has 0 aliphatic carbocycles. The van der Waals surface area contributed by atoms with Crippen LogP contribution in [0.3, 0.4) is 0 Å². The van der Waals surface area contributed by atoms with E-state index in [1.165, 1.54) is 4.31 Å². The third-order valence-electron chi connectivity index (χ3n) is 5.74. The molecule has 1 aromatic carbocycles. The molecular formula is C22H30N4O6S. The number of ether oxygens (including phenoxy) is 2. The highest BCUT2D eigenvalue weighted by Crippen LogP contribution is 2.31. The molecule has 2 aromatic rings. The Hall–Kier alpha value is -2.44. The molecule has 180 valence electrons. The fraction of sp³-hybridized carbons (Fsp3) is 0.500. The Morgan fingerprint density at radius 2 is 1.76 bits per heavy atom. The van der Waals surface area contributed by atoms with Gasteiger partial charge >= 0.3 is 0 Å². The highest BCUT2D eigenvalue weighted by atomic mass is 32.2. The SMILES string of the molecule is C[C@H](NCC(=O)Nc1cc(S(=O)(=O)N2CCOCC2)ccc1N1CCOCC1)c1ccco1. The first-order valence-corrected chi connectivity index (χ1v) is 12.5. The van der Waals surface area contributed by atoms with Crippen LogP contribution < -0.4 is 15.5 Å². The molecule has 33 heavy (non-hydrogen) atoms. The predicted octanol–water partition coefficient (Wildman–Crippen LogP) is 1.43. The summed E-state index contributed by atoms with van der Waals surface area (Å²) in [5.74, 6) is 0.458. The van der Waals surface area contributed by atoms with Crippen molar-refractivity contribution >= 4 is 27.3 Å². The van der Waals surface area contributed by atoms with Crippen molar-refractivity contribution in [1.82, 2.24) is 9.62 Å². The number of anilines is 2. The van der Waals surface area contributed by atoms with Crippen LogP contribution in [-0.4, -0.2) is 77.8 Å². The number of benzene rings is 1. The molecule has 3 heterocycles. The summed E-state index contributed by atoms with van der Waals surface area (Å²) in [6, 6.07) is 8.39. The van der Waals surface area contributed by atoms with Crippen LogP contribution in [0.5, 0.6) is 0 Å². The largest absolute Gasteiger partial charge is 0.468 e. The first-order valence-electron chi connectivity index (χ1n) is 11.1. The number of hydrogen-bond donors (Lipinski definition) is 2. The molecule has 0 spiro atoms. The lowest BCUT2D eigenvalue weighted by molar-refractivity contribution is -0.115. The quantitative estimate of drug-likeness (QED) is 0.586. The molecule has 2 N–H and O–H groups in total. The Kier molecular flexibility index (Phi) is 7.66. The minimum atomic E-state index is -3.69. The summed E-state index contributed by atoms with van der Waals surface area (Å²) in [6.07, 6.45) is 1.59. The number of nitrogens with zero attached hydrogens (tertiary/aromatic N) is 2. The van der Waals surface area contributed by atoms with Crippen molar-refractivity contribution in [3.63, 3.8) is 0 Å². The zero-order valence-electron chi connectivity index (χ0n) is 18.7. The van der Waals surface area contributed by atoms with Gasteiger partial charge in [0.15, 0.2) is 0 Å². The first-order chi connectivity index (χ1) is 15.9. The second kappa shape index (κ2) is 10.7. The smallest absolute Gasteiger partial charge is 0.243 e. The van der Waals surface area contributed by atoms with Gasteiger partial charge in [-0.3, -0.25) is 10.1 Å². The molecule has 11 heteroatoms. The Labute approximate surface area is 193 Å². The third kappa shape index (κ3) is 5.74. The van der Waals surface area contributed by atoms with Crippen molar-refractivity contribution < 1.29 is 27.1 Å². The van der Waals surface area contributed by atoms with Gasteiger partial charge in [0.2, 0.25) is 15.9 Å². The standard InChI is InChI=1S/C22H30N4O6S/c1-17(21-3-2-10-32-21)23-16-22(27)24-19-15-18(33(28,29)26-8-13-31-14-9-26)4-5-20(19)25-6-11-30-12-7-25/h2-5,10,15,17,23H,6-9,11-14,16H2,1H3,(H,24,27)/t17-/m0/s1. The van der Waals surface area contributed by atoms with Gasteiger partial charge in [-0.1, -0.05) is 0 Å². The summed E-state index contributed by atoms with van der Waals surface area (Å²) in [5, 5.41) is 6.02. The van der Waals surface area contributed by atoms with E-state index in [9.17, 15) is 13.2 Å². The predicted molar refractivity (Wildman–Crippen MR) is 123 cm³/mol. The maximum atomic E-state index is 13.2. The third-order valence-corrected chi connectivity index (χ3v) is 7.64. The topological polar surface area (TPSA) is 113 Å². The molecule has 0 radical (unpaired) electrons. The second-order valence-electron chi connectivity index (χ2n) is 7.96. The highest BCUT2D eigenvalue weighted by molar-refractivity contribution is 7.89. The molecule has 2 aliphatic rings. The van der Waals surface area contributed by atoms with Gasteiger partial charge in [-0.05, 0) is 37.3 Å². The van der Waals surface area contributed by atoms with E-state index in [0.717, 1.165) is 11.4 Å². The number of carbonyl (C=O) groups excluding carboxylic acids is 1. The Morgan fingerprint density at radius 3 is 2.42 bits per heavy atom.